The van der Waals surface area contributed by atoms with E-state index < -0.39 is 5.91 Å². The quantitative estimate of drug-likeness (QED) is 0.333. The van der Waals surface area contributed by atoms with Crippen molar-refractivity contribution in [2.75, 3.05) is 10.6 Å². The number of carbonyl (C=O) groups is 1. The molecule has 1 amide bonds. The SMILES string of the molecule is CC(C)n1cnnc1-c1cccc(Nc2cccc3[nH]c(C(=O)Nc4ccccc4)cc(=O)c23)n1. The number of para-hydroxylation sites is 1. The average molecular weight is 466 g/mol. The molecule has 9 heteroatoms. The van der Waals surface area contributed by atoms with Crippen molar-refractivity contribution in [3.05, 3.63) is 95.0 Å². The van der Waals surface area contributed by atoms with Crippen LogP contribution in [0, 0.1) is 0 Å². The molecule has 3 heterocycles. The van der Waals surface area contributed by atoms with Crippen LogP contribution in [0.3, 0.4) is 0 Å². The molecule has 0 saturated heterocycles. The summed E-state index contributed by atoms with van der Waals surface area (Å²) in [4.78, 5) is 33.5. The summed E-state index contributed by atoms with van der Waals surface area (Å²) in [5.74, 6) is 0.823. The Morgan fingerprint density at radius 3 is 2.60 bits per heavy atom. The van der Waals surface area contributed by atoms with Crippen LogP contribution in [0.5, 0.6) is 0 Å². The Hall–Kier alpha value is -4.79. The number of aromatic nitrogens is 5. The van der Waals surface area contributed by atoms with Gasteiger partial charge in [0.05, 0.1) is 16.6 Å². The van der Waals surface area contributed by atoms with E-state index in [9.17, 15) is 9.59 Å². The molecule has 5 rings (SSSR count). The highest BCUT2D eigenvalue weighted by molar-refractivity contribution is 6.05. The van der Waals surface area contributed by atoms with E-state index in [4.69, 9.17) is 0 Å². The van der Waals surface area contributed by atoms with Crippen LogP contribution in [0.4, 0.5) is 17.2 Å². The maximum absolute atomic E-state index is 13.1. The number of rotatable bonds is 6. The summed E-state index contributed by atoms with van der Waals surface area (Å²) < 4.78 is 1.94. The molecule has 0 bridgehead atoms. The Labute approximate surface area is 200 Å². The van der Waals surface area contributed by atoms with Crippen LogP contribution in [0.1, 0.15) is 30.4 Å². The molecule has 0 aliphatic carbocycles. The molecular formula is C26H23N7O2. The van der Waals surface area contributed by atoms with Crippen LogP contribution in [0.2, 0.25) is 0 Å². The molecule has 35 heavy (non-hydrogen) atoms. The molecule has 0 aliphatic rings. The Morgan fingerprint density at radius 1 is 1.00 bits per heavy atom. The lowest BCUT2D eigenvalue weighted by molar-refractivity contribution is 0.102. The predicted octanol–water partition coefficient (Wildman–Crippen LogP) is 4.76. The van der Waals surface area contributed by atoms with Gasteiger partial charge in [-0.3, -0.25) is 9.59 Å². The molecule has 0 spiro atoms. The van der Waals surface area contributed by atoms with Gasteiger partial charge >= 0.3 is 0 Å². The Kier molecular flexibility index (Phi) is 5.80. The molecule has 0 fully saturated rings. The van der Waals surface area contributed by atoms with Crippen LogP contribution in [0.15, 0.2) is 83.9 Å². The maximum Gasteiger partial charge on any atom is 0.272 e. The fraction of sp³-hybridized carbons (Fsp3) is 0.115. The summed E-state index contributed by atoms with van der Waals surface area (Å²) >= 11 is 0. The first kappa shape index (κ1) is 22.0. The van der Waals surface area contributed by atoms with Crippen LogP contribution in [0.25, 0.3) is 22.4 Å². The summed E-state index contributed by atoms with van der Waals surface area (Å²) in [6.45, 7) is 4.09. The van der Waals surface area contributed by atoms with E-state index in [0.29, 0.717) is 39.6 Å². The number of carbonyl (C=O) groups excluding carboxylic acids is 1. The topological polar surface area (TPSA) is 118 Å². The van der Waals surface area contributed by atoms with Crippen molar-refractivity contribution in [2.24, 2.45) is 0 Å². The summed E-state index contributed by atoms with van der Waals surface area (Å²) in [5, 5.41) is 14.7. The first-order valence-electron chi connectivity index (χ1n) is 11.2. The van der Waals surface area contributed by atoms with Gasteiger partial charge in [-0.05, 0) is 50.2 Å². The fourth-order valence-electron chi connectivity index (χ4n) is 3.82. The van der Waals surface area contributed by atoms with E-state index in [0.717, 1.165) is 0 Å². The summed E-state index contributed by atoms with van der Waals surface area (Å²) in [6.07, 6.45) is 1.68. The number of anilines is 3. The fourth-order valence-corrected chi connectivity index (χ4v) is 3.82. The monoisotopic (exact) mass is 465 g/mol. The molecule has 174 valence electrons. The number of amides is 1. The van der Waals surface area contributed by atoms with Crippen LogP contribution >= 0.6 is 0 Å². The summed E-state index contributed by atoms with van der Waals surface area (Å²) in [5.41, 5.74) is 2.32. The maximum atomic E-state index is 13.1. The van der Waals surface area contributed by atoms with Crippen molar-refractivity contribution in [3.63, 3.8) is 0 Å². The van der Waals surface area contributed by atoms with Crippen LogP contribution in [-0.2, 0) is 0 Å². The van der Waals surface area contributed by atoms with Gasteiger partial charge in [0.15, 0.2) is 11.3 Å². The van der Waals surface area contributed by atoms with Crippen LogP contribution < -0.4 is 16.1 Å². The van der Waals surface area contributed by atoms with E-state index in [1.165, 1.54) is 6.07 Å². The van der Waals surface area contributed by atoms with Crippen molar-refractivity contribution in [3.8, 4) is 11.5 Å². The van der Waals surface area contributed by atoms with Gasteiger partial charge in [-0.15, -0.1) is 10.2 Å². The van der Waals surface area contributed by atoms with Gasteiger partial charge in [-0.1, -0.05) is 30.3 Å². The number of aromatic amines is 1. The third kappa shape index (κ3) is 4.51. The number of pyridine rings is 2. The highest BCUT2D eigenvalue weighted by Crippen LogP contribution is 2.25. The number of nitrogens with zero attached hydrogens (tertiary/aromatic N) is 4. The number of H-pyrrole nitrogens is 1. The lowest BCUT2D eigenvalue weighted by Gasteiger charge is -2.12. The van der Waals surface area contributed by atoms with Crippen molar-refractivity contribution < 1.29 is 4.79 Å². The lowest BCUT2D eigenvalue weighted by Crippen LogP contribution is -2.17. The number of fused-ring (bicyclic) bond motifs is 1. The predicted molar refractivity (Wildman–Crippen MR) is 136 cm³/mol. The lowest BCUT2D eigenvalue weighted by atomic mass is 10.1. The number of hydrogen-bond acceptors (Lipinski definition) is 6. The molecular weight excluding hydrogens is 442 g/mol. The minimum atomic E-state index is -0.391. The summed E-state index contributed by atoms with van der Waals surface area (Å²) in [7, 11) is 0. The zero-order chi connectivity index (χ0) is 24.4. The van der Waals surface area contributed by atoms with Gasteiger partial charge in [-0.2, -0.15) is 0 Å². The van der Waals surface area contributed by atoms with Crippen molar-refractivity contribution in [2.45, 2.75) is 19.9 Å². The van der Waals surface area contributed by atoms with Gasteiger partial charge in [-0.25, -0.2) is 4.98 Å². The van der Waals surface area contributed by atoms with Crippen LogP contribution in [-0.4, -0.2) is 30.6 Å². The van der Waals surface area contributed by atoms with Gasteiger partial charge in [0.1, 0.15) is 23.5 Å². The molecule has 0 radical (unpaired) electrons. The van der Waals surface area contributed by atoms with E-state index in [1.807, 2.05) is 54.8 Å². The molecule has 0 aliphatic heterocycles. The largest absolute Gasteiger partial charge is 0.350 e. The molecule has 0 saturated carbocycles. The van der Waals surface area contributed by atoms with Crippen molar-refractivity contribution in [1.29, 1.82) is 0 Å². The molecule has 9 nitrogen and oxygen atoms in total. The second kappa shape index (κ2) is 9.22. The second-order valence-corrected chi connectivity index (χ2v) is 8.28. The third-order valence-corrected chi connectivity index (χ3v) is 5.50. The van der Waals surface area contributed by atoms with Gasteiger partial charge in [0.25, 0.3) is 5.91 Å². The smallest absolute Gasteiger partial charge is 0.272 e. The van der Waals surface area contributed by atoms with E-state index in [1.54, 1.807) is 36.7 Å². The molecule has 3 aromatic heterocycles. The van der Waals surface area contributed by atoms with E-state index in [2.05, 4.69) is 30.8 Å². The number of benzene rings is 2. The Bertz CT molecular complexity index is 1570. The highest BCUT2D eigenvalue weighted by Gasteiger charge is 2.14. The minimum absolute atomic E-state index is 0.177. The first-order valence-corrected chi connectivity index (χ1v) is 11.2. The molecule has 0 unspecified atom stereocenters. The number of nitrogens with one attached hydrogen (secondary N) is 3. The van der Waals surface area contributed by atoms with Crippen molar-refractivity contribution in [1.82, 2.24) is 24.7 Å². The number of hydrogen-bond donors (Lipinski definition) is 3. The average Bonchev–Trinajstić information content (AvgIpc) is 3.35. The molecule has 2 aromatic carbocycles. The Balaban J connectivity index is 1.46. The molecule has 5 aromatic rings. The van der Waals surface area contributed by atoms with E-state index in [-0.39, 0.29) is 17.2 Å². The summed E-state index contributed by atoms with van der Waals surface area (Å²) in [6, 6.07) is 21.5. The second-order valence-electron chi connectivity index (χ2n) is 8.28. The normalized spacial score (nSPS) is 11.1. The van der Waals surface area contributed by atoms with Gasteiger partial charge < -0.3 is 20.2 Å². The molecule has 0 atom stereocenters. The van der Waals surface area contributed by atoms with E-state index >= 15 is 0 Å². The van der Waals surface area contributed by atoms with Crippen molar-refractivity contribution >= 4 is 34.0 Å². The van der Waals surface area contributed by atoms with Gasteiger partial charge in [0, 0.05) is 17.8 Å². The van der Waals surface area contributed by atoms with Gasteiger partial charge in [0.2, 0.25) is 0 Å². The Morgan fingerprint density at radius 2 is 1.80 bits per heavy atom. The highest BCUT2D eigenvalue weighted by atomic mass is 16.2. The first-order chi connectivity index (χ1) is 17.0. The molecule has 3 N–H and O–H groups in total. The minimum Gasteiger partial charge on any atom is -0.350 e. The standard InChI is InChI=1S/C26H23N7O2/c1-16(2)33-15-27-32-25(33)20-12-7-13-23(31-20)30-19-11-6-10-18-24(19)22(34)14-21(29-18)26(35)28-17-8-4-3-5-9-17/h3-16H,1-2H3,(H,28,35)(H,29,34)(H,30,31). The zero-order valence-corrected chi connectivity index (χ0v) is 19.2. The zero-order valence-electron chi connectivity index (χ0n) is 19.2. The third-order valence-electron chi connectivity index (χ3n) is 5.50.